The van der Waals surface area contributed by atoms with Gasteiger partial charge in [0.1, 0.15) is 0 Å². The average molecular weight is 459 g/mol. The second-order valence-electron chi connectivity index (χ2n) is 10.1. The lowest BCUT2D eigenvalue weighted by Crippen LogP contribution is -2.09. The van der Waals surface area contributed by atoms with E-state index in [1.165, 1.54) is 108 Å². The molecule has 0 atom stereocenters. The van der Waals surface area contributed by atoms with E-state index in [9.17, 15) is 9.90 Å². The zero-order valence-corrected chi connectivity index (χ0v) is 22.4. The molecule has 0 fully saturated rings. The number of benzene rings is 1. The molecule has 0 amide bonds. The van der Waals surface area contributed by atoms with Gasteiger partial charge < -0.3 is 5.11 Å². The van der Waals surface area contributed by atoms with Gasteiger partial charge in [-0.15, -0.1) is 0 Å². The lowest BCUT2D eigenvalue weighted by Gasteiger charge is -2.15. The summed E-state index contributed by atoms with van der Waals surface area (Å²) in [5.74, 6) is -0.719. The fourth-order valence-corrected chi connectivity index (χ4v) is 4.95. The Hall–Kier alpha value is -1.31. The van der Waals surface area contributed by atoms with Gasteiger partial charge in [-0.05, 0) is 55.2 Å². The van der Waals surface area contributed by atoms with Gasteiger partial charge in [0, 0.05) is 0 Å². The first-order valence-electron chi connectivity index (χ1n) is 14.5. The number of hydrogen-bond donors (Lipinski definition) is 1. The topological polar surface area (TPSA) is 37.3 Å². The van der Waals surface area contributed by atoms with E-state index in [2.05, 4.69) is 32.9 Å². The van der Waals surface area contributed by atoms with Gasteiger partial charge in [-0.3, -0.25) is 0 Å². The van der Waals surface area contributed by atoms with Crippen LogP contribution in [0.5, 0.6) is 0 Å². The molecule has 33 heavy (non-hydrogen) atoms. The minimum absolute atomic E-state index is 0.629. The number of rotatable bonds is 22. The molecule has 0 aliphatic carbocycles. The maximum atomic E-state index is 12.3. The number of hydrogen-bond acceptors (Lipinski definition) is 1. The first-order chi connectivity index (χ1) is 16.1. The van der Waals surface area contributed by atoms with Crippen molar-refractivity contribution in [2.24, 2.45) is 0 Å². The zero-order chi connectivity index (χ0) is 24.2. The molecule has 0 aliphatic heterocycles. The molecule has 2 heteroatoms. The van der Waals surface area contributed by atoms with Crippen LogP contribution in [0.4, 0.5) is 0 Å². The third-order valence-electron chi connectivity index (χ3n) is 6.99. The van der Waals surface area contributed by atoms with Crippen LogP contribution in [0.3, 0.4) is 0 Å². The summed E-state index contributed by atoms with van der Waals surface area (Å²) in [5.41, 5.74) is 4.20. The first kappa shape index (κ1) is 29.7. The van der Waals surface area contributed by atoms with Gasteiger partial charge in [-0.1, -0.05) is 129 Å². The van der Waals surface area contributed by atoms with Crippen LogP contribution in [0.2, 0.25) is 0 Å². The van der Waals surface area contributed by atoms with E-state index in [-0.39, 0.29) is 0 Å². The van der Waals surface area contributed by atoms with Crippen LogP contribution in [0.15, 0.2) is 12.1 Å². The normalized spacial score (nSPS) is 11.2. The molecular weight excluding hydrogens is 404 g/mol. The molecule has 0 saturated heterocycles. The predicted molar refractivity (Wildman–Crippen MR) is 145 cm³/mol. The van der Waals surface area contributed by atoms with Crippen molar-refractivity contribution in [2.75, 3.05) is 0 Å². The maximum Gasteiger partial charge on any atom is 0.336 e. The number of aromatic carboxylic acids is 1. The van der Waals surface area contributed by atoms with E-state index in [4.69, 9.17) is 0 Å². The Morgan fingerprint density at radius 3 is 1.24 bits per heavy atom. The van der Waals surface area contributed by atoms with Crippen molar-refractivity contribution < 1.29 is 9.90 Å². The summed E-state index contributed by atoms with van der Waals surface area (Å²) < 4.78 is 0. The number of carboxylic acid groups (broad SMARTS) is 1. The SMILES string of the molecule is CCCCCCCCc1cc(CCCCCCCC)c(C(=O)O)c(CCCCCCCC)c1. The Labute approximate surface area is 206 Å². The van der Waals surface area contributed by atoms with E-state index in [1.54, 1.807) is 0 Å². The van der Waals surface area contributed by atoms with Crippen molar-refractivity contribution in [1.29, 1.82) is 0 Å². The Balaban J connectivity index is 2.81. The van der Waals surface area contributed by atoms with Crippen LogP contribution in [-0.4, -0.2) is 11.1 Å². The average Bonchev–Trinajstić information content (AvgIpc) is 2.80. The highest BCUT2D eigenvalue weighted by Crippen LogP contribution is 2.25. The quantitative estimate of drug-likeness (QED) is 0.175. The van der Waals surface area contributed by atoms with Gasteiger partial charge in [0.15, 0.2) is 0 Å². The lowest BCUT2D eigenvalue weighted by atomic mass is 9.89. The van der Waals surface area contributed by atoms with Crippen molar-refractivity contribution in [3.05, 3.63) is 34.4 Å². The highest BCUT2D eigenvalue weighted by atomic mass is 16.4. The van der Waals surface area contributed by atoms with E-state index < -0.39 is 5.97 Å². The van der Waals surface area contributed by atoms with Gasteiger partial charge in [0.05, 0.1) is 5.56 Å². The summed E-state index contributed by atoms with van der Waals surface area (Å²) in [6.45, 7) is 6.76. The highest BCUT2D eigenvalue weighted by Gasteiger charge is 2.17. The van der Waals surface area contributed by atoms with E-state index in [0.29, 0.717) is 5.56 Å². The summed E-state index contributed by atoms with van der Waals surface area (Å²) in [5, 5.41) is 10.1. The van der Waals surface area contributed by atoms with E-state index >= 15 is 0 Å². The number of unbranched alkanes of at least 4 members (excludes halogenated alkanes) is 15. The van der Waals surface area contributed by atoms with E-state index in [0.717, 1.165) is 43.2 Å². The predicted octanol–water partition coefficient (Wildman–Crippen LogP) is 10.1. The fourth-order valence-electron chi connectivity index (χ4n) is 4.95. The minimum atomic E-state index is -0.719. The zero-order valence-electron chi connectivity index (χ0n) is 22.4. The lowest BCUT2D eigenvalue weighted by molar-refractivity contribution is 0.0694. The van der Waals surface area contributed by atoms with Crippen LogP contribution in [0.25, 0.3) is 0 Å². The van der Waals surface area contributed by atoms with Crippen LogP contribution in [0, 0.1) is 0 Å². The van der Waals surface area contributed by atoms with Crippen LogP contribution in [-0.2, 0) is 19.3 Å². The van der Waals surface area contributed by atoms with E-state index in [1.807, 2.05) is 0 Å². The summed E-state index contributed by atoms with van der Waals surface area (Å²) in [6, 6.07) is 4.48. The van der Waals surface area contributed by atoms with Gasteiger partial charge >= 0.3 is 5.97 Å². The summed E-state index contributed by atoms with van der Waals surface area (Å²) >= 11 is 0. The van der Waals surface area contributed by atoms with Crippen molar-refractivity contribution >= 4 is 5.97 Å². The summed E-state index contributed by atoms with van der Waals surface area (Å²) in [7, 11) is 0. The molecular formula is C31H54O2. The van der Waals surface area contributed by atoms with Crippen molar-refractivity contribution in [2.45, 2.75) is 156 Å². The van der Waals surface area contributed by atoms with Gasteiger partial charge in [-0.25, -0.2) is 4.79 Å². The van der Waals surface area contributed by atoms with Crippen molar-refractivity contribution in [3.63, 3.8) is 0 Å². The van der Waals surface area contributed by atoms with Gasteiger partial charge in [0.25, 0.3) is 0 Å². The second kappa shape index (κ2) is 20.1. The Kier molecular flexibility index (Phi) is 18.1. The molecule has 190 valence electrons. The summed E-state index contributed by atoms with van der Waals surface area (Å²) in [6.07, 6.45) is 25.8. The Morgan fingerprint density at radius 2 is 0.879 bits per heavy atom. The molecule has 1 aromatic rings. The number of carbonyl (C=O) groups is 1. The Bertz CT molecular complexity index is 582. The van der Waals surface area contributed by atoms with Crippen LogP contribution < -0.4 is 0 Å². The molecule has 0 saturated carbocycles. The highest BCUT2D eigenvalue weighted by molar-refractivity contribution is 5.91. The number of carboxylic acids is 1. The van der Waals surface area contributed by atoms with Crippen molar-refractivity contribution in [3.8, 4) is 0 Å². The minimum Gasteiger partial charge on any atom is -0.478 e. The molecule has 1 aromatic carbocycles. The molecule has 1 rings (SSSR count). The monoisotopic (exact) mass is 458 g/mol. The van der Waals surface area contributed by atoms with Gasteiger partial charge in [-0.2, -0.15) is 0 Å². The standard InChI is InChI=1S/C31H54O2/c1-4-7-10-13-16-19-22-27-25-28(23-20-17-14-11-8-5-2)30(31(32)33)29(26-27)24-21-18-15-12-9-6-3/h25-26H,4-24H2,1-3H3,(H,32,33). The molecule has 0 radical (unpaired) electrons. The number of aryl methyl sites for hydroxylation is 3. The summed E-state index contributed by atoms with van der Waals surface area (Å²) in [4.78, 5) is 12.3. The Morgan fingerprint density at radius 1 is 0.545 bits per heavy atom. The molecule has 2 nitrogen and oxygen atoms in total. The molecule has 0 bridgehead atoms. The molecule has 0 heterocycles. The third-order valence-corrected chi connectivity index (χ3v) is 6.99. The molecule has 0 unspecified atom stereocenters. The largest absolute Gasteiger partial charge is 0.478 e. The first-order valence-corrected chi connectivity index (χ1v) is 14.5. The van der Waals surface area contributed by atoms with Crippen LogP contribution in [0.1, 0.15) is 163 Å². The van der Waals surface area contributed by atoms with Crippen LogP contribution >= 0.6 is 0 Å². The molecule has 0 aliphatic rings. The third kappa shape index (κ3) is 13.9. The molecule has 0 aromatic heterocycles. The smallest absolute Gasteiger partial charge is 0.336 e. The van der Waals surface area contributed by atoms with Crippen molar-refractivity contribution in [1.82, 2.24) is 0 Å². The second-order valence-corrected chi connectivity index (χ2v) is 10.1. The molecule has 1 N–H and O–H groups in total. The maximum absolute atomic E-state index is 12.3. The fraction of sp³-hybridized carbons (Fsp3) is 0.774. The van der Waals surface area contributed by atoms with Gasteiger partial charge in [0.2, 0.25) is 0 Å². The molecule has 0 spiro atoms.